The van der Waals surface area contributed by atoms with Gasteiger partial charge in [-0.25, -0.2) is 0 Å². The van der Waals surface area contributed by atoms with Crippen LogP contribution in [0.4, 0.5) is 0 Å². The highest BCUT2D eigenvalue weighted by Crippen LogP contribution is 2.16. The predicted octanol–water partition coefficient (Wildman–Crippen LogP) is 9.39. The van der Waals surface area contributed by atoms with Crippen LogP contribution in [0.5, 0.6) is 0 Å². The third-order valence-electron chi connectivity index (χ3n) is 8.14. The molecule has 1 rings (SSSR count). The van der Waals surface area contributed by atoms with Crippen molar-refractivity contribution in [2.75, 3.05) is 19.6 Å². The highest BCUT2D eigenvalue weighted by Gasteiger charge is 2.22. The van der Waals surface area contributed by atoms with E-state index in [0.29, 0.717) is 13.0 Å². The Morgan fingerprint density at radius 1 is 0.676 bits per heavy atom. The van der Waals surface area contributed by atoms with Crippen LogP contribution in [0.2, 0.25) is 0 Å². The lowest BCUT2D eigenvalue weighted by Gasteiger charge is -2.23. The standard InChI is InChI=1S/C33H65N3O/c1-3-5-7-9-11-13-15-17-19-21-23-25-27-33-35-28-29-36(33)30-31(34)32(37)26-24-22-20-18-16-14-12-10-8-6-4-2/h31H,3-30,34H2,1-2H3. The first-order valence-corrected chi connectivity index (χ1v) is 16.8. The second-order valence-electron chi connectivity index (χ2n) is 11.7. The van der Waals surface area contributed by atoms with Gasteiger partial charge in [-0.3, -0.25) is 9.79 Å². The number of carbonyl (C=O) groups is 1. The van der Waals surface area contributed by atoms with Crippen LogP contribution in [0.3, 0.4) is 0 Å². The van der Waals surface area contributed by atoms with Crippen LogP contribution in [-0.2, 0) is 4.79 Å². The molecule has 0 radical (unpaired) electrons. The molecule has 0 aromatic rings. The molecule has 0 saturated heterocycles. The Morgan fingerprint density at radius 2 is 1.08 bits per heavy atom. The zero-order valence-corrected chi connectivity index (χ0v) is 25.3. The molecule has 0 fully saturated rings. The first-order valence-electron chi connectivity index (χ1n) is 16.8. The van der Waals surface area contributed by atoms with Crippen molar-refractivity contribution < 1.29 is 4.79 Å². The summed E-state index contributed by atoms with van der Waals surface area (Å²) in [5.41, 5.74) is 6.31. The van der Waals surface area contributed by atoms with Crippen molar-refractivity contribution >= 4 is 11.6 Å². The summed E-state index contributed by atoms with van der Waals surface area (Å²) in [5.74, 6) is 1.44. The number of nitrogens with zero attached hydrogens (tertiary/aromatic N) is 2. The SMILES string of the molecule is CCCCCCCCCCCCCCC1=NCCN1CC(N)C(=O)CCCCCCCCCCCCC. The summed E-state index contributed by atoms with van der Waals surface area (Å²) in [7, 11) is 0. The molecular formula is C33H65N3O. The zero-order chi connectivity index (χ0) is 26.8. The summed E-state index contributed by atoms with van der Waals surface area (Å²) in [5, 5.41) is 0. The Bertz CT molecular complexity index is 548. The number of ketones is 1. The van der Waals surface area contributed by atoms with E-state index >= 15 is 0 Å². The number of hydrogen-bond acceptors (Lipinski definition) is 4. The molecule has 0 aromatic heterocycles. The normalized spacial score (nSPS) is 14.4. The van der Waals surface area contributed by atoms with Gasteiger partial charge >= 0.3 is 0 Å². The number of unbranched alkanes of at least 4 members (excludes halogenated alkanes) is 21. The molecule has 218 valence electrons. The highest BCUT2D eigenvalue weighted by atomic mass is 16.1. The van der Waals surface area contributed by atoms with E-state index in [-0.39, 0.29) is 11.8 Å². The molecule has 1 aliphatic heterocycles. The van der Waals surface area contributed by atoms with E-state index in [2.05, 4.69) is 18.7 Å². The van der Waals surface area contributed by atoms with Gasteiger partial charge in [0.1, 0.15) is 0 Å². The molecule has 0 aromatic carbocycles. The lowest BCUT2D eigenvalue weighted by atomic mass is 10.0. The molecular weight excluding hydrogens is 454 g/mol. The fraction of sp³-hybridized carbons (Fsp3) is 0.939. The van der Waals surface area contributed by atoms with Crippen LogP contribution in [0, 0.1) is 0 Å². The smallest absolute Gasteiger partial charge is 0.151 e. The lowest BCUT2D eigenvalue weighted by Crippen LogP contribution is -2.44. The van der Waals surface area contributed by atoms with Crippen molar-refractivity contribution in [1.29, 1.82) is 0 Å². The fourth-order valence-electron chi connectivity index (χ4n) is 5.57. The molecule has 0 aliphatic carbocycles. The number of amidine groups is 1. The van der Waals surface area contributed by atoms with Crippen LogP contribution >= 0.6 is 0 Å². The molecule has 2 N–H and O–H groups in total. The fourth-order valence-corrected chi connectivity index (χ4v) is 5.57. The van der Waals surface area contributed by atoms with Gasteiger partial charge in [0.05, 0.1) is 18.4 Å². The quantitative estimate of drug-likeness (QED) is 0.105. The largest absolute Gasteiger partial charge is 0.356 e. The van der Waals surface area contributed by atoms with Crippen molar-refractivity contribution in [2.24, 2.45) is 10.7 Å². The summed E-state index contributed by atoms with van der Waals surface area (Å²) in [6.45, 7) is 7.03. The van der Waals surface area contributed by atoms with Crippen molar-refractivity contribution in [2.45, 2.75) is 180 Å². The predicted molar refractivity (Wildman–Crippen MR) is 164 cm³/mol. The van der Waals surface area contributed by atoms with Crippen LogP contribution in [0.1, 0.15) is 174 Å². The van der Waals surface area contributed by atoms with Crippen molar-refractivity contribution in [1.82, 2.24) is 4.90 Å². The number of hydrogen-bond donors (Lipinski definition) is 1. The van der Waals surface area contributed by atoms with E-state index in [1.807, 2.05) is 0 Å². The van der Waals surface area contributed by atoms with E-state index in [1.165, 1.54) is 147 Å². The van der Waals surface area contributed by atoms with Crippen molar-refractivity contribution in [3.05, 3.63) is 0 Å². The molecule has 0 saturated carbocycles. The Morgan fingerprint density at radius 3 is 1.54 bits per heavy atom. The summed E-state index contributed by atoms with van der Waals surface area (Å²) in [6, 6.07) is -0.353. The molecule has 0 amide bonds. The second-order valence-corrected chi connectivity index (χ2v) is 11.7. The maximum absolute atomic E-state index is 12.6. The highest BCUT2D eigenvalue weighted by molar-refractivity contribution is 5.87. The minimum atomic E-state index is -0.353. The molecule has 4 nitrogen and oxygen atoms in total. The van der Waals surface area contributed by atoms with Gasteiger partial charge in [0, 0.05) is 25.9 Å². The van der Waals surface area contributed by atoms with E-state index in [9.17, 15) is 4.79 Å². The van der Waals surface area contributed by atoms with Gasteiger partial charge in [0.25, 0.3) is 0 Å². The van der Waals surface area contributed by atoms with Gasteiger partial charge in [-0.2, -0.15) is 0 Å². The Kier molecular flexibility index (Phi) is 23.4. The van der Waals surface area contributed by atoms with Gasteiger partial charge in [0.15, 0.2) is 5.78 Å². The molecule has 1 atom stereocenters. The van der Waals surface area contributed by atoms with E-state index in [1.54, 1.807) is 0 Å². The number of Topliss-reactive ketones (excluding diaryl/α,β-unsaturated/α-hetero) is 1. The van der Waals surface area contributed by atoms with Crippen molar-refractivity contribution in [3.63, 3.8) is 0 Å². The minimum Gasteiger partial charge on any atom is -0.356 e. The molecule has 4 heteroatoms. The molecule has 37 heavy (non-hydrogen) atoms. The molecule has 1 heterocycles. The van der Waals surface area contributed by atoms with E-state index in [0.717, 1.165) is 25.9 Å². The van der Waals surface area contributed by atoms with Crippen molar-refractivity contribution in [3.8, 4) is 0 Å². The Labute approximate surface area is 232 Å². The Balaban J connectivity index is 1.98. The average molecular weight is 520 g/mol. The van der Waals surface area contributed by atoms with Gasteiger partial charge in [-0.15, -0.1) is 0 Å². The summed E-state index contributed by atoms with van der Waals surface area (Å²) >= 11 is 0. The number of aliphatic imine (C=N–C) groups is 1. The Hall–Kier alpha value is -0.900. The summed E-state index contributed by atoms with van der Waals surface area (Å²) in [6.07, 6.45) is 32.6. The first kappa shape index (κ1) is 34.1. The van der Waals surface area contributed by atoms with Gasteiger partial charge < -0.3 is 10.6 Å². The van der Waals surface area contributed by atoms with Gasteiger partial charge in [-0.1, -0.05) is 149 Å². The van der Waals surface area contributed by atoms with Crippen LogP contribution < -0.4 is 5.73 Å². The number of rotatable bonds is 28. The average Bonchev–Trinajstić information content (AvgIpc) is 3.34. The maximum Gasteiger partial charge on any atom is 0.151 e. The minimum absolute atomic E-state index is 0.243. The molecule has 0 bridgehead atoms. The molecule has 1 unspecified atom stereocenters. The number of nitrogens with two attached hydrogens (primary N) is 1. The topological polar surface area (TPSA) is 58.7 Å². The van der Waals surface area contributed by atoms with Crippen LogP contribution in [0.25, 0.3) is 0 Å². The third-order valence-corrected chi connectivity index (χ3v) is 8.14. The number of carbonyl (C=O) groups excluding carboxylic acids is 1. The van der Waals surface area contributed by atoms with Crippen LogP contribution in [0.15, 0.2) is 4.99 Å². The monoisotopic (exact) mass is 520 g/mol. The molecule has 1 aliphatic rings. The van der Waals surface area contributed by atoms with Crippen LogP contribution in [-0.4, -0.2) is 42.2 Å². The first-order chi connectivity index (χ1) is 18.2. The van der Waals surface area contributed by atoms with E-state index in [4.69, 9.17) is 10.7 Å². The summed E-state index contributed by atoms with van der Waals surface area (Å²) < 4.78 is 0. The maximum atomic E-state index is 12.6. The second kappa shape index (κ2) is 25.4. The van der Waals surface area contributed by atoms with Gasteiger partial charge in [-0.05, 0) is 12.8 Å². The summed E-state index contributed by atoms with van der Waals surface area (Å²) in [4.78, 5) is 19.6. The third kappa shape index (κ3) is 19.8. The van der Waals surface area contributed by atoms with E-state index < -0.39 is 0 Å². The lowest BCUT2D eigenvalue weighted by molar-refractivity contribution is -0.120. The molecule has 0 spiro atoms. The van der Waals surface area contributed by atoms with Gasteiger partial charge in [0.2, 0.25) is 0 Å². The zero-order valence-electron chi connectivity index (χ0n) is 25.3.